The lowest BCUT2D eigenvalue weighted by atomic mass is 10.2. The SMILES string of the molecule is CCCCN(CC(N)=O)C(=O)c1ccc(C#N)cn1. The monoisotopic (exact) mass is 260 g/mol. The van der Waals surface area contributed by atoms with Crippen LogP contribution >= 0.6 is 0 Å². The van der Waals surface area contributed by atoms with Crippen molar-refractivity contribution >= 4 is 11.8 Å². The molecule has 0 radical (unpaired) electrons. The second-order valence-corrected chi connectivity index (χ2v) is 4.09. The molecule has 0 spiro atoms. The van der Waals surface area contributed by atoms with Gasteiger partial charge in [0, 0.05) is 12.7 Å². The van der Waals surface area contributed by atoms with E-state index in [1.54, 1.807) is 0 Å². The van der Waals surface area contributed by atoms with Gasteiger partial charge < -0.3 is 10.6 Å². The molecule has 0 saturated carbocycles. The molecule has 1 rings (SSSR count). The Labute approximate surface area is 111 Å². The highest BCUT2D eigenvalue weighted by molar-refractivity contribution is 5.94. The van der Waals surface area contributed by atoms with E-state index in [-0.39, 0.29) is 18.1 Å². The summed E-state index contributed by atoms with van der Waals surface area (Å²) in [7, 11) is 0. The molecule has 0 aliphatic carbocycles. The molecule has 19 heavy (non-hydrogen) atoms. The van der Waals surface area contributed by atoms with E-state index in [2.05, 4.69) is 4.98 Å². The van der Waals surface area contributed by atoms with Gasteiger partial charge in [-0.1, -0.05) is 13.3 Å². The van der Waals surface area contributed by atoms with E-state index in [9.17, 15) is 9.59 Å². The Bertz CT molecular complexity index is 490. The molecule has 0 bridgehead atoms. The van der Waals surface area contributed by atoms with Crippen molar-refractivity contribution in [2.75, 3.05) is 13.1 Å². The van der Waals surface area contributed by atoms with E-state index >= 15 is 0 Å². The van der Waals surface area contributed by atoms with Crippen LogP contribution in [-0.4, -0.2) is 34.8 Å². The molecule has 0 aliphatic heterocycles. The second kappa shape index (κ2) is 7.11. The zero-order valence-electron chi connectivity index (χ0n) is 10.8. The molecule has 1 aromatic heterocycles. The van der Waals surface area contributed by atoms with Crippen molar-refractivity contribution in [1.29, 1.82) is 5.26 Å². The molecular formula is C13H16N4O2. The number of primary amides is 1. The van der Waals surface area contributed by atoms with Gasteiger partial charge in [-0.15, -0.1) is 0 Å². The van der Waals surface area contributed by atoms with Gasteiger partial charge in [0.25, 0.3) is 5.91 Å². The first kappa shape index (κ1) is 14.6. The molecule has 6 heteroatoms. The van der Waals surface area contributed by atoms with Gasteiger partial charge in [-0.3, -0.25) is 9.59 Å². The summed E-state index contributed by atoms with van der Waals surface area (Å²) < 4.78 is 0. The average Bonchev–Trinajstić information content (AvgIpc) is 2.42. The number of carbonyl (C=O) groups excluding carboxylic acids is 2. The average molecular weight is 260 g/mol. The number of nitrogens with two attached hydrogens (primary N) is 1. The van der Waals surface area contributed by atoms with Gasteiger partial charge >= 0.3 is 0 Å². The number of rotatable bonds is 6. The lowest BCUT2D eigenvalue weighted by Gasteiger charge is -2.20. The molecule has 0 saturated heterocycles. The maximum Gasteiger partial charge on any atom is 0.272 e. The molecule has 1 heterocycles. The smallest absolute Gasteiger partial charge is 0.272 e. The lowest BCUT2D eigenvalue weighted by molar-refractivity contribution is -0.118. The van der Waals surface area contributed by atoms with Crippen LogP contribution in [0.4, 0.5) is 0 Å². The van der Waals surface area contributed by atoms with Gasteiger partial charge in [-0.2, -0.15) is 5.26 Å². The summed E-state index contributed by atoms with van der Waals surface area (Å²) in [5.74, 6) is -0.908. The minimum Gasteiger partial charge on any atom is -0.368 e. The zero-order valence-corrected chi connectivity index (χ0v) is 10.8. The van der Waals surface area contributed by atoms with Gasteiger partial charge in [0.1, 0.15) is 11.8 Å². The molecule has 100 valence electrons. The van der Waals surface area contributed by atoms with Crippen molar-refractivity contribution in [3.63, 3.8) is 0 Å². The number of hydrogen-bond acceptors (Lipinski definition) is 4. The minimum atomic E-state index is -0.557. The predicted octanol–water partition coefficient (Wildman–Crippen LogP) is 0.681. The molecule has 2 amide bonds. The van der Waals surface area contributed by atoms with Crippen LogP contribution in [0.1, 0.15) is 35.8 Å². The van der Waals surface area contributed by atoms with E-state index in [0.29, 0.717) is 12.1 Å². The van der Waals surface area contributed by atoms with Crippen molar-refractivity contribution in [2.24, 2.45) is 5.73 Å². The summed E-state index contributed by atoms with van der Waals surface area (Å²) in [6.45, 7) is 2.33. The number of carbonyl (C=O) groups is 2. The number of hydrogen-bond donors (Lipinski definition) is 1. The van der Waals surface area contributed by atoms with Gasteiger partial charge in [0.15, 0.2) is 0 Å². The molecule has 0 aliphatic rings. The van der Waals surface area contributed by atoms with Crippen molar-refractivity contribution in [1.82, 2.24) is 9.88 Å². The number of nitrogens with zero attached hydrogens (tertiary/aromatic N) is 3. The summed E-state index contributed by atoms with van der Waals surface area (Å²) in [4.78, 5) is 28.4. The van der Waals surface area contributed by atoms with Crippen LogP contribution in [-0.2, 0) is 4.79 Å². The minimum absolute atomic E-state index is 0.124. The number of pyridine rings is 1. The fourth-order valence-electron chi connectivity index (χ4n) is 1.54. The van der Waals surface area contributed by atoms with E-state index in [1.807, 2.05) is 13.0 Å². The van der Waals surface area contributed by atoms with Crippen LogP contribution in [0.3, 0.4) is 0 Å². The van der Waals surface area contributed by atoms with Crippen LogP contribution in [0.5, 0.6) is 0 Å². The standard InChI is InChI=1S/C13H16N4O2/c1-2-3-6-17(9-12(15)18)13(19)11-5-4-10(7-14)8-16-11/h4-5,8H,2-3,6,9H2,1H3,(H2,15,18). The largest absolute Gasteiger partial charge is 0.368 e. The van der Waals surface area contributed by atoms with Crippen LogP contribution in [0.15, 0.2) is 18.3 Å². The first-order chi connectivity index (χ1) is 9.08. The molecule has 0 fully saturated rings. The molecule has 0 atom stereocenters. The summed E-state index contributed by atoms with van der Waals surface area (Å²) >= 11 is 0. The van der Waals surface area contributed by atoms with Crippen molar-refractivity contribution in [3.8, 4) is 6.07 Å². The van der Waals surface area contributed by atoms with E-state index < -0.39 is 5.91 Å². The van der Waals surface area contributed by atoms with Gasteiger partial charge in [0.05, 0.1) is 12.1 Å². The van der Waals surface area contributed by atoms with Crippen LogP contribution in [0.2, 0.25) is 0 Å². The summed E-state index contributed by atoms with van der Waals surface area (Å²) in [6, 6.07) is 4.92. The maximum atomic E-state index is 12.2. The predicted molar refractivity (Wildman–Crippen MR) is 69.0 cm³/mol. The Morgan fingerprint density at radius 3 is 2.68 bits per heavy atom. The fraction of sp³-hybridized carbons (Fsp3) is 0.385. The highest BCUT2D eigenvalue weighted by atomic mass is 16.2. The van der Waals surface area contributed by atoms with E-state index in [1.165, 1.54) is 23.2 Å². The van der Waals surface area contributed by atoms with Gasteiger partial charge in [-0.25, -0.2) is 4.98 Å². The Hall–Kier alpha value is -2.42. The Morgan fingerprint density at radius 2 is 2.21 bits per heavy atom. The van der Waals surface area contributed by atoms with Crippen LogP contribution < -0.4 is 5.73 Å². The highest BCUT2D eigenvalue weighted by Gasteiger charge is 2.18. The van der Waals surface area contributed by atoms with Crippen LogP contribution in [0, 0.1) is 11.3 Å². The first-order valence-electron chi connectivity index (χ1n) is 6.02. The van der Waals surface area contributed by atoms with Crippen molar-refractivity contribution < 1.29 is 9.59 Å². The Kier molecular flexibility index (Phi) is 5.48. The molecule has 1 aromatic rings. The first-order valence-corrected chi connectivity index (χ1v) is 6.02. The third-order valence-corrected chi connectivity index (χ3v) is 2.53. The number of unbranched alkanes of at least 4 members (excludes halogenated alkanes) is 1. The lowest BCUT2D eigenvalue weighted by Crippen LogP contribution is -2.39. The number of aromatic nitrogens is 1. The number of nitriles is 1. The van der Waals surface area contributed by atoms with E-state index in [0.717, 1.165) is 12.8 Å². The topological polar surface area (TPSA) is 100 Å². The quantitative estimate of drug-likeness (QED) is 0.812. The molecular weight excluding hydrogens is 244 g/mol. The Morgan fingerprint density at radius 1 is 1.47 bits per heavy atom. The van der Waals surface area contributed by atoms with Crippen LogP contribution in [0.25, 0.3) is 0 Å². The normalized spacial score (nSPS) is 9.68. The van der Waals surface area contributed by atoms with Gasteiger partial charge in [-0.05, 0) is 18.6 Å². The number of amides is 2. The highest BCUT2D eigenvalue weighted by Crippen LogP contribution is 2.05. The summed E-state index contributed by atoms with van der Waals surface area (Å²) in [5.41, 5.74) is 5.72. The summed E-state index contributed by atoms with van der Waals surface area (Å²) in [5, 5.41) is 8.66. The fourth-order valence-corrected chi connectivity index (χ4v) is 1.54. The third-order valence-electron chi connectivity index (χ3n) is 2.53. The zero-order chi connectivity index (χ0) is 14.3. The maximum absolute atomic E-state index is 12.2. The second-order valence-electron chi connectivity index (χ2n) is 4.09. The summed E-state index contributed by atoms with van der Waals surface area (Å²) in [6.07, 6.45) is 3.02. The third kappa shape index (κ3) is 4.39. The molecule has 6 nitrogen and oxygen atoms in total. The Balaban J connectivity index is 2.84. The van der Waals surface area contributed by atoms with Crippen molar-refractivity contribution in [3.05, 3.63) is 29.6 Å². The van der Waals surface area contributed by atoms with E-state index in [4.69, 9.17) is 11.0 Å². The van der Waals surface area contributed by atoms with Crippen molar-refractivity contribution in [2.45, 2.75) is 19.8 Å². The molecule has 0 aromatic carbocycles. The van der Waals surface area contributed by atoms with Gasteiger partial charge in [0.2, 0.25) is 5.91 Å². The molecule has 2 N–H and O–H groups in total. The molecule has 0 unspecified atom stereocenters.